The van der Waals surface area contributed by atoms with Gasteiger partial charge in [-0.1, -0.05) is 0 Å². The topological polar surface area (TPSA) is 103 Å². The minimum Gasteiger partial charge on any atom is -0.466 e. The molecular weight excluding hydrogens is 295 g/mol. The highest BCUT2D eigenvalue weighted by Crippen LogP contribution is 2.36. The molecule has 0 aromatic carbocycles. The van der Waals surface area contributed by atoms with Gasteiger partial charge in [-0.25, -0.2) is 5.84 Å². The van der Waals surface area contributed by atoms with Crippen LogP contribution >= 0.6 is 0 Å². The summed E-state index contributed by atoms with van der Waals surface area (Å²) < 4.78 is 65.2. The summed E-state index contributed by atoms with van der Waals surface area (Å²) in [5, 5.41) is 10.6. The lowest BCUT2D eigenvalue weighted by molar-refractivity contribution is -0.386. The molecular formula is C8H7F5N4O3. The zero-order valence-corrected chi connectivity index (χ0v) is 9.45. The van der Waals surface area contributed by atoms with Crippen LogP contribution in [0.2, 0.25) is 0 Å². The summed E-state index contributed by atoms with van der Waals surface area (Å²) in [6.45, 7) is -2.14. The number of rotatable bonds is 5. The number of nitro groups is 1. The molecule has 20 heavy (non-hydrogen) atoms. The molecule has 0 radical (unpaired) electrons. The third-order valence-electron chi connectivity index (χ3n) is 1.99. The molecule has 0 aliphatic heterocycles. The molecule has 7 nitrogen and oxygen atoms in total. The second-order valence-corrected chi connectivity index (χ2v) is 3.41. The van der Waals surface area contributed by atoms with Crippen LogP contribution in [0.5, 0.6) is 5.88 Å². The highest BCUT2D eigenvalue weighted by Gasteiger charge is 2.58. The predicted octanol–water partition coefficient (Wildman–Crippen LogP) is 1.85. The van der Waals surface area contributed by atoms with Gasteiger partial charge in [-0.3, -0.25) is 10.1 Å². The minimum atomic E-state index is -5.84. The number of halogens is 5. The SMILES string of the molecule is NNc1ccc([N+](=O)[O-])c(OCC(F)(F)C(F)(F)F)n1. The lowest BCUT2D eigenvalue weighted by atomic mass is 10.3. The zero-order valence-electron chi connectivity index (χ0n) is 9.45. The van der Waals surface area contributed by atoms with Crippen LogP contribution in [-0.4, -0.2) is 28.6 Å². The molecule has 0 amide bonds. The van der Waals surface area contributed by atoms with Gasteiger partial charge in [-0.15, -0.1) is 0 Å². The van der Waals surface area contributed by atoms with E-state index in [4.69, 9.17) is 5.84 Å². The number of nitrogen functional groups attached to an aromatic ring is 1. The van der Waals surface area contributed by atoms with Gasteiger partial charge < -0.3 is 10.2 Å². The quantitative estimate of drug-likeness (QED) is 0.372. The van der Waals surface area contributed by atoms with E-state index < -0.39 is 35.2 Å². The Morgan fingerprint density at radius 2 is 1.95 bits per heavy atom. The number of nitrogens with one attached hydrogen (secondary N) is 1. The van der Waals surface area contributed by atoms with Gasteiger partial charge in [0, 0.05) is 6.07 Å². The van der Waals surface area contributed by atoms with E-state index in [1.807, 2.05) is 5.43 Å². The van der Waals surface area contributed by atoms with Gasteiger partial charge in [0.25, 0.3) is 5.88 Å². The Bertz CT molecular complexity index is 507. The number of ether oxygens (including phenoxy) is 1. The van der Waals surface area contributed by atoms with E-state index in [2.05, 4.69) is 9.72 Å². The summed E-state index contributed by atoms with van der Waals surface area (Å²) in [4.78, 5) is 12.8. The molecule has 0 unspecified atom stereocenters. The fraction of sp³-hybridized carbons (Fsp3) is 0.375. The first kappa shape index (κ1) is 15.8. The van der Waals surface area contributed by atoms with Crippen LogP contribution in [0.1, 0.15) is 0 Å². The summed E-state index contributed by atoms with van der Waals surface area (Å²) in [6, 6.07) is 1.82. The molecule has 0 saturated carbocycles. The average molecular weight is 302 g/mol. The smallest absolute Gasteiger partial charge is 0.456 e. The molecule has 0 atom stereocenters. The van der Waals surface area contributed by atoms with Crippen LogP contribution in [0, 0.1) is 10.1 Å². The highest BCUT2D eigenvalue weighted by molar-refractivity contribution is 5.48. The van der Waals surface area contributed by atoms with Gasteiger partial charge in [0.1, 0.15) is 5.82 Å². The van der Waals surface area contributed by atoms with Crippen molar-refractivity contribution in [1.29, 1.82) is 0 Å². The molecule has 0 aliphatic rings. The van der Waals surface area contributed by atoms with Crippen molar-refractivity contribution in [3.63, 3.8) is 0 Å². The molecule has 0 aliphatic carbocycles. The highest BCUT2D eigenvalue weighted by atomic mass is 19.4. The number of nitrogens with zero attached hydrogens (tertiary/aromatic N) is 2. The van der Waals surface area contributed by atoms with Crippen molar-refractivity contribution in [3.8, 4) is 5.88 Å². The van der Waals surface area contributed by atoms with Gasteiger partial charge in [-0.2, -0.15) is 26.9 Å². The number of hydrazine groups is 1. The second-order valence-electron chi connectivity index (χ2n) is 3.41. The zero-order chi connectivity index (χ0) is 15.6. The van der Waals surface area contributed by atoms with Gasteiger partial charge >= 0.3 is 17.8 Å². The van der Waals surface area contributed by atoms with Gasteiger partial charge in [-0.05, 0) is 6.07 Å². The van der Waals surface area contributed by atoms with Crippen LogP contribution in [0.3, 0.4) is 0 Å². The number of nitrogens with two attached hydrogens (primary N) is 1. The Hall–Kier alpha value is -2.24. The molecule has 0 saturated heterocycles. The fourth-order valence-corrected chi connectivity index (χ4v) is 0.999. The molecule has 3 N–H and O–H groups in total. The lowest BCUT2D eigenvalue weighted by Crippen LogP contribution is -2.41. The Kier molecular flexibility index (Phi) is 4.27. The number of hydrogen-bond donors (Lipinski definition) is 2. The molecule has 0 spiro atoms. The van der Waals surface area contributed by atoms with E-state index in [-0.39, 0.29) is 5.82 Å². The Labute approximate surface area is 107 Å². The molecule has 1 heterocycles. The van der Waals surface area contributed by atoms with Gasteiger partial charge in [0.05, 0.1) is 4.92 Å². The summed E-state index contributed by atoms with van der Waals surface area (Å²) in [5.41, 5.74) is 1.06. The largest absolute Gasteiger partial charge is 0.466 e. The van der Waals surface area contributed by atoms with E-state index >= 15 is 0 Å². The fourth-order valence-electron chi connectivity index (χ4n) is 0.999. The van der Waals surface area contributed by atoms with E-state index in [0.29, 0.717) is 0 Å². The Balaban J connectivity index is 2.99. The van der Waals surface area contributed by atoms with Crippen LogP contribution in [0.15, 0.2) is 12.1 Å². The Morgan fingerprint density at radius 1 is 1.35 bits per heavy atom. The number of alkyl halides is 5. The number of pyridine rings is 1. The van der Waals surface area contributed by atoms with Crippen molar-refractivity contribution >= 4 is 11.5 Å². The number of aromatic nitrogens is 1. The van der Waals surface area contributed by atoms with Crippen molar-refractivity contribution in [1.82, 2.24) is 4.98 Å². The van der Waals surface area contributed by atoms with Gasteiger partial charge in [0.15, 0.2) is 6.61 Å². The van der Waals surface area contributed by atoms with E-state index in [9.17, 15) is 32.1 Å². The molecule has 1 aromatic heterocycles. The molecule has 12 heteroatoms. The molecule has 0 fully saturated rings. The maximum Gasteiger partial charge on any atom is 0.456 e. The monoisotopic (exact) mass is 302 g/mol. The molecule has 1 rings (SSSR count). The van der Waals surface area contributed by atoms with Crippen molar-refractivity contribution < 1.29 is 31.6 Å². The maximum atomic E-state index is 12.6. The van der Waals surface area contributed by atoms with E-state index in [1.165, 1.54) is 0 Å². The first-order valence-corrected chi connectivity index (χ1v) is 4.78. The summed E-state index contributed by atoms with van der Waals surface area (Å²) in [5.74, 6) is -1.45. The third-order valence-corrected chi connectivity index (χ3v) is 1.99. The number of hydrogen-bond acceptors (Lipinski definition) is 6. The van der Waals surface area contributed by atoms with Crippen LogP contribution in [-0.2, 0) is 0 Å². The van der Waals surface area contributed by atoms with Gasteiger partial charge in [0.2, 0.25) is 0 Å². The maximum absolute atomic E-state index is 12.6. The summed E-state index contributed by atoms with van der Waals surface area (Å²) >= 11 is 0. The summed E-state index contributed by atoms with van der Waals surface area (Å²) in [6.07, 6.45) is -5.84. The van der Waals surface area contributed by atoms with E-state index in [0.717, 1.165) is 12.1 Å². The van der Waals surface area contributed by atoms with E-state index in [1.54, 1.807) is 0 Å². The van der Waals surface area contributed by atoms with Crippen LogP contribution in [0.25, 0.3) is 0 Å². The molecule has 1 aromatic rings. The number of anilines is 1. The van der Waals surface area contributed by atoms with Crippen LogP contribution < -0.4 is 16.0 Å². The van der Waals surface area contributed by atoms with Crippen molar-refractivity contribution in [2.24, 2.45) is 5.84 Å². The third kappa shape index (κ3) is 3.40. The minimum absolute atomic E-state index is 0.207. The Morgan fingerprint density at radius 3 is 2.40 bits per heavy atom. The molecule has 0 bridgehead atoms. The second kappa shape index (κ2) is 5.40. The standard InChI is InChI=1S/C8H7F5N4O3/c9-7(10,8(11,12)13)3-20-6-4(17(18)19)1-2-5(15-6)16-14/h1-2H,3,14H2,(H,15,16). The van der Waals surface area contributed by atoms with Crippen molar-refractivity contribution in [2.75, 3.05) is 12.0 Å². The van der Waals surface area contributed by atoms with Crippen LogP contribution in [0.4, 0.5) is 33.5 Å². The lowest BCUT2D eigenvalue weighted by Gasteiger charge is -2.19. The first-order valence-electron chi connectivity index (χ1n) is 4.78. The average Bonchev–Trinajstić information content (AvgIpc) is 2.34. The van der Waals surface area contributed by atoms with Crippen molar-refractivity contribution in [3.05, 3.63) is 22.2 Å². The summed E-state index contributed by atoms with van der Waals surface area (Å²) in [7, 11) is 0. The molecule has 112 valence electrons. The van der Waals surface area contributed by atoms with Crippen molar-refractivity contribution in [2.45, 2.75) is 12.1 Å². The predicted molar refractivity (Wildman–Crippen MR) is 55.2 cm³/mol. The first-order chi connectivity index (χ1) is 9.08. The normalized spacial score (nSPS) is 12.1.